The van der Waals surface area contributed by atoms with E-state index in [2.05, 4.69) is 4.74 Å². The minimum atomic E-state index is -5.47. The summed E-state index contributed by atoms with van der Waals surface area (Å²) in [7, 11) is 0.687. The second-order valence-electron chi connectivity index (χ2n) is 7.95. The first-order chi connectivity index (χ1) is 14.2. The van der Waals surface area contributed by atoms with Crippen LogP contribution in [0.2, 0.25) is 0 Å². The van der Waals surface area contributed by atoms with E-state index in [0.717, 1.165) is 0 Å². The van der Waals surface area contributed by atoms with Crippen molar-refractivity contribution in [2.45, 2.75) is 57.0 Å². The highest BCUT2D eigenvalue weighted by atomic mass is 19.4. The number of esters is 1. The molecule has 2 heterocycles. The average Bonchev–Trinajstić information content (AvgIpc) is 3.28. The van der Waals surface area contributed by atoms with E-state index in [1.54, 1.807) is 20.8 Å². The van der Waals surface area contributed by atoms with Gasteiger partial charge in [-0.3, -0.25) is 4.79 Å². The summed E-state index contributed by atoms with van der Waals surface area (Å²) in [6, 6.07) is -0.0105. The molecule has 0 spiro atoms. The molecule has 1 fully saturated rings. The largest absolute Gasteiger partial charge is 0.508 e. The van der Waals surface area contributed by atoms with Crippen molar-refractivity contribution in [3.8, 4) is 0 Å². The van der Waals surface area contributed by atoms with Gasteiger partial charge in [0.1, 0.15) is 12.2 Å². The summed E-state index contributed by atoms with van der Waals surface area (Å²) in [5.41, 5.74) is -5.86. The maximum absolute atomic E-state index is 13.7. The Morgan fingerprint density at radius 3 is 2.48 bits per heavy atom. The number of furan rings is 1. The molecule has 0 radical (unpaired) electrons. The van der Waals surface area contributed by atoms with E-state index in [-0.39, 0.29) is 19.4 Å². The second-order valence-corrected chi connectivity index (χ2v) is 7.95. The summed E-state index contributed by atoms with van der Waals surface area (Å²) in [5.74, 6) is -3.06. The highest BCUT2D eigenvalue weighted by Gasteiger charge is 2.64. The molecule has 9 nitrogen and oxygen atoms in total. The number of alkyl halides is 3. The molecule has 0 aliphatic carbocycles. The summed E-state index contributed by atoms with van der Waals surface area (Å²) in [5, 5.41) is 10.4. The van der Waals surface area contributed by atoms with Crippen LogP contribution in [0.1, 0.15) is 49.7 Å². The topological polar surface area (TPSA) is 116 Å². The number of hydrogen-bond donors (Lipinski definition) is 1. The van der Waals surface area contributed by atoms with Gasteiger partial charge in [-0.05, 0) is 39.7 Å². The minimum absolute atomic E-state index is 0.142. The van der Waals surface area contributed by atoms with Crippen LogP contribution in [0.3, 0.4) is 0 Å². The summed E-state index contributed by atoms with van der Waals surface area (Å²) < 4.78 is 60.7. The molecule has 31 heavy (non-hydrogen) atoms. The number of carbonyl (C=O) groups excluding carboxylic acids is 3. The van der Waals surface area contributed by atoms with Gasteiger partial charge in [0.25, 0.3) is 5.60 Å². The Bertz CT molecular complexity index is 829. The van der Waals surface area contributed by atoms with E-state index >= 15 is 0 Å². The van der Waals surface area contributed by atoms with Crippen molar-refractivity contribution in [2.24, 2.45) is 0 Å². The maximum Gasteiger partial charge on any atom is 0.508 e. The normalized spacial score (nSPS) is 19.0. The summed E-state index contributed by atoms with van der Waals surface area (Å²) in [6.45, 7) is 4.81. The van der Waals surface area contributed by atoms with Crippen molar-refractivity contribution in [1.29, 1.82) is 0 Å². The smallest absolute Gasteiger partial charge is 0.466 e. The number of ether oxygens (including phenoxy) is 3. The molecule has 1 unspecified atom stereocenters. The van der Waals surface area contributed by atoms with Crippen molar-refractivity contribution < 1.29 is 51.3 Å². The van der Waals surface area contributed by atoms with Gasteiger partial charge in [0, 0.05) is 6.54 Å². The SMILES string of the molecule is COC(=O)C(O)(c1cc(C=O)oc1N1CCC[C@H]1COC(=O)OC(C)(C)C)C(F)(F)F. The molecule has 1 aromatic heterocycles. The van der Waals surface area contributed by atoms with Gasteiger partial charge in [0.15, 0.2) is 12.0 Å². The highest BCUT2D eigenvalue weighted by Crippen LogP contribution is 2.46. The van der Waals surface area contributed by atoms with E-state index in [9.17, 15) is 32.7 Å². The molecule has 2 atom stereocenters. The van der Waals surface area contributed by atoms with Crippen LogP contribution in [0.4, 0.5) is 23.8 Å². The lowest BCUT2D eigenvalue weighted by Crippen LogP contribution is -2.50. The van der Waals surface area contributed by atoms with Crippen LogP contribution in [0.25, 0.3) is 0 Å². The Balaban J connectivity index is 2.39. The number of carbonyl (C=O) groups is 3. The van der Waals surface area contributed by atoms with Gasteiger partial charge < -0.3 is 28.6 Å². The lowest BCUT2D eigenvalue weighted by molar-refractivity contribution is -0.266. The number of rotatable bonds is 6. The van der Waals surface area contributed by atoms with E-state index < -0.39 is 52.8 Å². The van der Waals surface area contributed by atoms with E-state index in [1.165, 1.54) is 4.90 Å². The monoisotopic (exact) mass is 451 g/mol. The molecule has 0 saturated carbocycles. The summed E-state index contributed by atoms with van der Waals surface area (Å²) in [4.78, 5) is 36.2. The molecule has 1 N–H and O–H groups in total. The molecule has 1 aliphatic rings. The Morgan fingerprint density at radius 2 is 1.97 bits per heavy atom. The Kier molecular flexibility index (Phi) is 6.94. The first kappa shape index (κ1) is 24.5. The van der Waals surface area contributed by atoms with Gasteiger partial charge in [0.2, 0.25) is 5.88 Å². The molecule has 2 rings (SSSR count). The Hall–Kier alpha value is -2.76. The van der Waals surface area contributed by atoms with Crippen molar-refractivity contribution >= 4 is 24.3 Å². The lowest BCUT2D eigenvalue weighted by Gasteiger charge is -2.31. The Labute approximate surface area is 176 Å². The van der Waals surface area contributed by atoms with Gasteiger partial charge >= 0.3 is 18.3 Å². The van der Waals surface area contributed by atoms with E-state index in [1.807, 2.05) is 0 Å². The number of aldehydes is 1. The van der Waals surface area contributed by atoms with Gasteiger partial charge in [0.05, 0.1) is 18.7 Å². The number of hydrogen-bond acceptors (Lipinski definition) is 9. The minimum Gasteiger partial charge on any atom is -0.466 e. The number of halogens is 3. The lowest BCUT2D eigenvalue weighted by atomic mass is 9.94. The van der Waals surface area contributed by atoms with Crippen LogP contribution in [0, 0.1) is 0 Å². The van der Waals surface area contributed by atoms with Crippen LogP contribution in [0.15, 0.2) is 10.5 Å². The third kappa shape index (κ3) is 5.12. The fraction of sp³-hybridized carbons (Fsp3) is 0.632. The first-order valence-corrected chi connectivity index (χ1v) is 9.34. The van der Waals surface area contributed by atoms with Crippen molar-refractivity contribution in [1.82, 2.24) is 0 Å². The molecule has 0 bridgehead atoms. The quantitative estimate of drug-likeness (QED) is 0.515. The fourth-order valence-electron chi connectivity index (χ4n) is 3.18. The molecular formula is C19H24F3NO8. The molecule has 1 saturated heterocycles. The zero-order chi connectivity index (χ0) is 23.6. The highest BCUT2D eigenvalue weighted by molar-refractivity contribution is 5.85. The molecule has 1 aromatic rings. The molecule has 1 aliphatic heterocycles. The average molecular weight is 451 g/mol. The van der Waals surface area contributed by atoms with Crippen LogP contribution in [0.5, 0.6) is 0 Å². The Morgan fingerprint density at radius 1 is 1.32 bits per heavy atom. The second kappa shape index (κ2) is 8.77. The number of aliphatic hydroxyl groups is 1. The molecule has 0 aromatic carbocycles. The van der Waals surface area contributed by atoms with E-state index in [0.29, 0.717) is 26.0 Å². The first-order valence-electron chi connectivity index (χ1n) is 9.34. The summed E-state index contributed by atoms with van der Waals surface area (Å²) >= 11 is 0. The fourth-order valence-corrected chi connectivity index (χ4v) is 3.18. The van der Waals surface area contributed by atoms with Gasteiger partial charge in [-0.1, -0.05) is 0 Å². The van der Waals surface area contributed by atoms with Crippen molar-refractivity contribution in [3.05, 3.63) is 17.4 Å². The number of anilines is 1. The maximum atomic E-state index is 13.7. The zero-order valence-corrected chi connectivity index (χ0v) is 17.4. The van der Waals surface area contributed by atoms with Crippen LogP contribution < -0.4 is 4.90 Å². The third-order valence-electron chi connectivity index (χ3n) is 4.55. The number of methoxy groups -OCH3 is 1. The summed E-state index contributed by atoms with van der Waals surface area (Å²) in [6.07, 6.45) is -5.40. The predicted octanol–water partition coefficient (Wildman–Crippen LogP) is 2.94. The van der Waals surface area contributed by atoms with Gasteiger partial charge in [-0.15, -0.1) is 0 Å². The molecule has 12 heteroatoms. The standard InChI is InChI=1S/C19H24F3NO8/c1-17(2,3)31-16(26)29-10-11-6-5-7-23(11)14-13(8-12(9-24)30-14)18(27,15(25)28-4)19(20,21)22/h8-9,11,27H,5-7,10H2,1-4H3/t11-,18?/m0/s1. The third-order valence-corrected chi connectivity index (χ3v) is 4.55. The van der Waals surface area contributed by atoms with E-state index in [4.69, 9.17) is 13.9 Å². The molecule has 0 amide bonds. The number of nitrogens with zero attached hydrogens (tertiary/aromatic N) is 1. The molecule has 174 valence electrons. The van der Waals surface area contributed by atoms with Crippen LogP contribution in [-0.4, -0.2) is 61.6 Å². The van der Waals surface area contributed by atoms with Gasteiger partial charge in [-0.2, -0.15) is 13.2 Å². The zero-order valence-electron chi connectivity index (χ0n) is 17.4. The van der Waals surface area contributed by atoms with Gasteiger partial charge in [-0.25, -0.2) is 9.59 Å². The predicted molar refractivity (Wildman–Crippen MR) is 98.6 cm³/mol. The van der Waals surface area contributed by atoms with Crippen molar-refractivity contribution in [3.63, 3.8) is 0 Å². The van der Waals surface area contributed by atoms with Crippen LogP contribution in [-0.2, 0) is 24.6 Å². The molecular weight excluding hydrogens is 427 g/mol. The van der Waals surface area contributed by atoms with Crippen molar-refractivity contribution in [2.75, 3.05) is 25.2 Å². The van der Waals surface area contributed by atoms with Crippen LogP contribution >= 0.6 is 0 Å².